The van der Waals surface area contributed by atoms with Crippen molar-refractivity contribution in [1.82, 2.24) is 10.7 Å². The molecule has 10 heteroatoms. The Morgan fingerprint density at radius 3 is 2.57 bits per heavy atom. The Morgan fingerprint density at radius 2 is 1.93 bits per heavy atom. The number of rotatable bonds is 8. The zero-order valence-corrected chi connectivity index (χ0v) is 19.5. The van der Waals surface area contributed by atoms with Crippen LogP contribution in [0.25, 0.3) is 0 Å². The Kier molecular flexibility index (Phi) is 9.13. The van der Waals surface area contributed by atoms with Gasteiger partial charge in [0.2, 0.25) is 5.91 Å². The highest BCUT2D eigenvalue weighted by molar-refractivity contribution is 9.13. The third-order valence-corrected chi connectivity index (χ3v) is 6.10. The summed E-state index contributed by atoms with van der Waals surface area (Å²) in [5.74, 6) is -0.209. The van der Waals surface area contributed by atoms with Crippen LogP contribution in [0.1, 0.15) is 30.5 Å². The van der Waals surface area contributed by atoms with E-state index in [2.05, 4.69) is 47.7 Å². The number of benzene rings is 2. The molecule has 160 valence electrons. The zero-order valence-electron chi connectivity index (χ0n) is 16.3. The normalized spacial score (nSPS) is 11.7. The number of nitrogens with one attached hydrogen (secondary N) is 2. The maximum Gasteiger partial charge on any atom is 0.407 e. The number of nitrogens with zero attached hydrogens (tertiary/aromatic N) is 1. The van der Waals surface area contributed by atoms with Gasteiger partial charge in [0.1, 0.15) is 0 Å². The van der Waals surface area contributed by atoms with Crippen LogP contribution in [0.2, 0.25) is 0 Å². The molecule has 0 spiro atoms. The summed E-state index contributed by atoms with van der Waals surface area (Å²) in [4.78, 5) is 24.2. The van der Waals surface area contributed by atoms with Crippen LogP contribution >= 0.6 is 31.9 Å². The Balaban J connectivity index is 2.09. The lowest BCUT2D eigenvalue weighted by Gasteiger charge is -2.18. The van der Waals surface area contributed by atoms with Crippen LogP contribution in [0.5, 0.6) is 11.5 Å². The van der Waals surface area contributed by atoms with Gasteiger partial charge in [-0.25, -0.2) is 10.2 Å². The number of hydrogen-bond donors (Lipinski definition) is 3. The average molecular weight is 543 g/mol. The second-order valence-corrected chi connectivity index (χ2v) is 7.56. The number of halogens is 2. The van der Waals surface area contributed by atoms with E-state index in [9.17, 15) is 14.7 Å². The van der Waals surface area contributed by atoms with Crippen molar-refractivity contribution >= 4 is 50.1 Å². The highest BCUT2D eigenvalue weighted by Crippen LogP contribution is 2.41. The molecule has 2 aromatic rings. The van der Waals surface area contributed by atoms with Gasteiger partial charge in [-0.05, 0) is 50.4 Å². The van der Waals surface area contributed by atoms with Crippen LogP contribution in [-0.4, -0.2) is 37.0 Å². The smallest absolute Gasteiger partial charge is 0.407 e. The fraction of sp³-hybridized carbons (Fsp3) is 0.250. The number of phenols is 1. The molecule has 2 aromatic carbocycles. The van der Waals surface area contributed by atoms with Crippen molar-refractivity contribution in [3.05, 3.63) is 56.5 Å². The predicted octanol–water partition coefficient (Wildman–Crippen LogP) is 4.25. The summed E-state index contributed by atoms with van der Waals surface area (Å²) in [6, 6.07) is 10.1. The largest absolute Gasteiger partial charge is 0.503 e. The van der Waals surface area contributed by atoms with Crippen LogP contribution in [0.15, 0.2) is 50.4 Å². The van der Waals surface area contributed by atoms with Gasteiger partial charge < -0.3 is 19.9 Å². The molecule has 0 unspecified atom stereocenters. The molecule has 8 nitrogen and oxygen atoms in total. The van der Waals surface area contributed by atoms with Crippen LogP contribution in [0.4, 0.5) is 4.79 Å². The fourth-order valence-corrected chi connectivity index (χ4v) is 3.35. The molecule has 30 heavy (non-hydrogen) atoms. The van der Waals surface area contributed by atoms with Crippen molar-refractivity contribution < 1.29 is 24.2 Å². The Hall–Kier alpha value is -2.59. The molecule has 2 rings (SSSR count). The minimum Gasteiger partial charge on any atom is -0.503 e. The summed E-state index contributed by atoms with van der Waals surface area (Å²) in [6.45, 7) is 1.93. The maximum absolute atomic E-state index is 12.4. The molecular weight excluding hydrogens is 522 g/mol. The number of methoxy groups -OCH3 is 1. The number of aromatic hydroxyl groups is 1. The van der Waals surface area contributed by atoms with Gasteiger partial charge in [0.05, 0.1) is 36.9 Å². The molecule has 2 amide bonds. The Morgan fingerprint density at radius 1 is 1.23 bits per heavy atom. The second kappa shape index (κ2) is 11.6. The minimum absolute atomic E-state index is 0.0378. The maximum atomic E-state index is 12.4. The highest BCUT2D eigenvalue weighted by Gasteiger charge is 2.19. The van der Waals surface area contributed by atoms with Gasteiger partial charge in [-0.3, -0.25) is 4.79 Å². The molecule has 0 heterocycles. The van der Waals surface area contributed by atoms with Gasteiger partial charge >= 0.3 is 6.09 Å². The van der Waals surface area contributed by atoms with Crippen LogP contribution in [0.3, 0.4) is 0 Å². The van der Waals surface area contributed by atoms with Crippen molar-refractivity contribution in [3.63, 3.8) is 0 Å². The summed E-state index contributed by atoms with van der Waals surface area (Å²) in [5, 5.41) is 16.6. The van der Waals surface area contributed by atoms with E-state index >= 15 is 0 Å². The van der Waals surface area contributed by atoms with Crippen molar-refractivity contribution in [3.8, 4) is 11.5 Å². The Bertz CT molecular complexity index is 922. The molecule has 0 fully saturated rings. The first kappa shape index (κ1) is 23.7. The molecule has 3 N–H and O–H groups in total. The minimum atomic E-state index is -0.604. The fourth-order valence-electron chi connectivity index (χ4n) is 2.52. The molecule has 0 saturated heterocycles. The summed E-state index contributed by atoms with van der Waals surface area (Å²) in [6.07, 6.45) is 0.766. The molecule has 0 aliphatic heterocycles. The summed E-state index contributed by atoms with van der Waals surface area (Å²) in [5.41, 5.74) is 3.77. The van der Waals surface area contributed by atoms with Crippen molar-refractivity contribution in [2.75, 3.05) is 13.7 Å². The SMILES string of the molecule is CCOC(=O)N[C@H](CC(=O)N/N=C\c1cc(OC)c(O)c(Br)c1Br)c1ccccc1. The first-order chi connectivity index (χ1) is 14.4. The molecule has 0 bridgehead atoms. The van der Waals surface area contributed by atoms with Crippen molar-refractivity contribution in [2.45, 2.75) is 19.4 Å². The number of amides is 2. The quantitative estimate of drug-likeness (QED) is 0.341. The van der Waals surface area contributed by atoms with Gasteiger partial charge in [0.15, 0.2) is 11.5 Å². The molecular formula is C20H21Br2N3O5. The predicted molar refractivity (Wildman–Crippen MR) is 120 cm³/mol. The molecule has 0 aromatic heterocycles. The molecule has 0 saturated carbocycles. The van der Waals surface area contributed by atoms with Crippen molar-refractivity contribution in [2.24, 2.45) is 5.10 Å². The van der Waals surface area contributed by atoms with E-state index in [1.54, 1.807) is 13.0 Å². The lowest BCUT2D eigenvalue weighted by molar-refractivity contribution is -0.121. The zero-order chi connectivity index (χ0) is 22.1. The molecule has 1 atom stereocenters. The second-order valence-electron chi connectivity index (χ2n) is 5.97. The Labute approximate surface area is 190 Å². The van der Waals surface area contributed by atoms with Crippen LogP contribution < -0.4 is 15.5 Å². The summed E-state index contributed by atoms with van der Waals surface area (Å²) in [7, 11) is 1.43. The number of carbonyl (C=O) groups excluding carboxylic acids is 2. The van der Waals surface area contributed by atoms with Gasteiger partial charge in [-0.2, -0.15) is 5.10 Å². The number of carbonyl (C=O) groups is 2. The molecule has 0 aliphatic carbocycles. The van der Waals surface area contributed by atoms with E-state index < -0.39 is 18.0 Å². The number of hydrogen-bond acceptors (Lipinski definition) is 6. The van der Waals surface area contributed by atoms with E-state index in [1.165, 1.54) is 13.3 Å². The van der Waals surface area contributed by atoms with E-state index in [0.29, 0.717) is 14.5 Å². The van der Waals surface area contributed by atoms with Crippen LogP contribution in [0, 0.1) is 0 Å². The van der Waals surface area contributed by atoms with E-state index in [4.69, 9.17) is 9.47 Å². The van der Waals surface area contributed by atoms with E-state index in [1.807, 2.05) is 30.3 Å². The highest BCUT2D eigenvalue weighted by atomic mass is 79.9. The average Bonchev–Trinajstić information content (AvgIpc) is 2.74. The number of alkyl carbamates (subject to hydrolysis) is 1. The van der Waals surface area contributed by atoms with E-state index in [-0.39, 0.29) is 24.5 Å². The van der Waals surface area contributed by atoms with Gasteiger partial charge in [0.25, 0.3) is 0 Å². The number of phenolic OH excluding ortho intramolecular Hbond substituents is 1. The lowest BCUT2D eigenvalue weighted by Crippen LogP contribution is -2.33. The third kappa shape index (κ3) is 6.46. The third-order valence-electron chi connectivity index (χ3n) is 3.95. The number of ether oxygens (including phenoxy) is 2. The lowest BCUT2D eigenvalue weighted by atomic mass is 10.0. The van der Waals surface area contributed by atoms with Gasteiger partial charge in [-0.1, -0.05) is 30.3 Å². The molecule has 0 radical (unpaired) electrons. The van der Waals surface area contributed by atoms with Crippen molar-refractivity contribution in [1.29, 1.82) is 0 Å². The van der Waals surface area contributed by atoms with Crippen LogP contribution in [-0.2, 0) is 9.53 Å². The topological polar surface area (TPSA) is 109 Å². The van der Waals surface area contributed by atoms with Gasteiger partial charge in [-0.15, -0.1) is 0 Å². The molecule has 0 aliphatic rings. The van der Waals surface area contributed by atoms with E-state index in [0.717, 1.165) is 5.56 Å². The van der Waals surface area contributed by atoms with Gasteiger partial charge in [0, 0.05) is 10.0 Å². The summed E-state index contributed by atoms with van der Waals surface area (Å²) < 4.78 is 11.0. The number of hydrazone groups is 1. The first-order valence-electron chi connectivity index (χ1n) is 8.92. The monoisotopic (exact) mass is 541 g/mol. The summed E-state index contributed by atoms with van der Waals surface area (Å²) >= 11 is 6.61. The standard InChI is InChI=1S/C20H21Br2N3O5/c1-3-30-20(28)24-14(12-7-5-4-6-8-12)10-16(26)25-23-11-13-9-15(29-2)19(27)18(22)17(13)21/h4-9,11,14,27H,3,10H2,1-2H3,(H,24,28)(H,25,26)/b23-11-/t14-/m1/s1. The first-order valence-corrected chi connectivity index (χ1v) is 10.5.